The number of hydrogen-bond donors (Lipinski definition) is 2. The normalized spacial score (nSPS) is 13.7. The number of aliphatic hydroxyl groups is 1. The Morgan fingerprint density at radius 3 is 2.47 bits per heavy atom. The predicted molar refractivity (Wildman–Crippen MR) is 137 cm³/mol. The molecule has 0 bridgehead atoms. The first kappa shape index (κ1) is 28.8. The third-order valence-electron chi connectivity index (χ3n) is 5.59. The quantitative estimate of drug-likeness (QED) is 0.338. The van der Waals surface area contributed by atoms with Gasteiger partial charge in [0.05, 0.1) is 0 Å². The molecule has 0 unspecified atom stereocenters. The molecule has 13 heteroatoms. The number of benzene rings is 1. The summed E-state index contributed by atoms with van der Waals surface area (Å²) in [6.45, 7) is 3.03. The molecule has 0 aliphatic carbocycles. The van der Waals surface area contributed by atoms with E-state index < -0.39 is 31.9 Å². The van der Waals surface area contributed by atoms with Crippen LogP contribution in [0, 0.1) is 5.63 Å². The Morgan fingerprint density at radius 1 is 1.11 bits per heavy atom. The van der Waals surface area contributed by atoms with Crippen LogP contribution in [0.3, 0.4) is 0 Å². The van der Waals surface area contributed by atoms with Crippen molar-refractivity contribution in [3.8, 4) is 22.9 Å². The van der Waals surface area contributed by atoms with Gasteiger partial charge in [0.15, 0.2) is 0 Å². The number of piperazine rings is 1. The van der Waals surface area contributed by atoms with Crippen molar-refractivity contribution in [1.82, 2.24) is 25.1 Å². The van der Waals surface area contributed by atoms with Crippen LogP contribution < -0.4 is 10.1 Å². The molecule has 0 radical (unpaired) electrons. The van der Waals surface area contributed by atoms with Crippen LogP contribution in [0.2, 0.25) is 0 Å². The molecule has 1 fully saturated rings. The van der Waals surface area contributed by atoms with Crippen LogP contribution in [0.4, 0.5) is 4.79 Å². The van der Waals surface area contributed by atoms with Gasteiger partial charge in [0.25, 0.3) is 0 Å². The van der Waals surface area contributed by atoms with E-state index in [9.17, 15) is 18.9 Å². The molecule has 1 saturated heterocycles. The summed E-state index contributed by atoms with van der Waals surface area (Å²) in [5.41, 5.74) is 2.97. The van der Waals surface area contributed by atoms with E-state index in [0.29, 0.717) is 12.2 Å². The van der Waals surface area contributed by atoms with Gasteiger partial charge >= 0.3 is 214 Å². The third kappa shape index (κ3) is 8.14. The Kier molecular flexibility index (Phi) is 11.3. The average Bonchev–Trinajstić information content (AvgIpc) is 2.95. The molecule has 1 aromatic heterocycles. The second kappa shape index (κ2) is 14.9. The fourth-order valence-electron chi connectivity index (χ4n) is 3.58. The first-order chi connectivity index (χ1) is 18.5. The second-order valence-corrected chi connectivity index (χ2v) is 8.70. The molecule has 3 amide bonds. The van der Waals surface area contributed by atoms with Gasteiger partial charge in [-0.15, -0.1) is 0 Å². The minimum absolute atomic E-state index is 0.0395. The zero-order valence-electron chi connectivity index (χ0n) is 21.0. The molecule has 2 N–H and O–H groups in total. The van der Waals surface area contributed by atoms with E-state index in [4.69, 9.17) is 14.6 Å². The number of nitrogens with one attached hydrogen (secondary N) is 1. The Morgan fingerprint density at radius 2 is 1.82 bits per heavy atom. The Labute approximate surface area is 221 Å². The van der Waals surface area contributed by atoms with Gasteiger partial charge in [0, 0.05) is 0 Å². The van der Waals surface area contributed by atoms with E-state index in [0.717, 1.165) is 12.8 Å². The fourth-order valence-corrected chi connectivity index (χ4v) is 3.86. The van der Waals surface area contributed by atoms with Crippen LogP contribution in [-0.4, -0.2) is 94.8 Å². The molecule has 1 aromatic carbocycles. The summed E-state index contributed by atoms with van der Waals surface area (Å²) in [5.74, 6) is -0.968. The zero-order valence-corrected chi connectivity index (χ0v) is 21.9. The van der Waals surface area contributed by atoms with Gasteiger partial charge < -0.3 is 0 Å². The Bertz CT molecular complexity index is 1220. The number of nitrogens with zero attached hydrogens (tertiary/aromatic N) is 4. The minimum atomic E-state index is -1.32. The molecule has 3 rings (SSSR count). The Balaban J connectivity index is 1.71. The molecule has 0 saturated carbocycles. The van der Waals surface area contributed by atoms with E-state index >= 15 is 0 Å². The van der Waals surface area contributed by atoms with Gasteiger partial charge in [-0.3, -0.25) is 0 Å². The summed E-state index contributed by atoms with van der Waals surface area (Å²) in [7, 11) is -0.564. The van der Waals surface area contributed by atoms with Crippen LogP contribution in [0.1, 0.15) is 30.3 Å². The van der Waals surface area contributed by atoms with Crippen LogP contribution in [0.25, 0.3) is 11.4 Å². The van der Waals surface area contributed by atoms with E-state index in [-0.39, 0.29) is 56.8 Å². The summed E-state index contributed by atoms with van der Waals surface area (Å²) in [6.07, 6.45) is 1.26. The molecule has 1 aliphatic heterocycles. The van der Waals surface area contributed by atoms with Crippen molar-refractivity contribution in [2.75, 3.05) is 46.0 Å². The van der Waals surface area contributed by atoms with Crippen LogP contribution >= 0.6 is 7.92 Å². The molecule has 38 heavy (non-hydrogen) atoms. The standard InChI is InChI=1S/C25H30N5O7P/c1-2-3-14-37-25(34)30-11-9-29(10-12-30)24(33)20(17-38-35)27-23(32)19-16-21(36-15-13-31)28-22(26-19)18-7-5-4-6-8-18/h4-8,16,20,31H,2-3,9-15H2,1H3,(H,27,32)/t20-/m0/s1. The number of aromatic nitrogens is 2. The number of ether oxygens (including phenoxy) is 2. The third-order valence-corrected chi connectivity index (χ3v) is 5.95. The molecule has 12 nitrogen and oxygen atoms in total. The number of carbonyl (C=O) groups is 3. The van der Waals surface area contributed by atoms with Crippen LogP contribution in [-0.2, 0) is 14.1 Å². The van der Waals surface area contributed by atoms with Crippen molar-refractivity contribution in [2.24, 2.45) is 0 Å². The average molecular weight is 544 g/mol. The predicted octanol–water partition coefficient (Wildman–Crippen LogP) is 1.94. The summed E-state index contributed by atoms with van der Waals surface area (Å²) in [6, 6.07) is 8.89. The number of aliphatic hydroxyl groups excluding tert-OH is 1. The van der Waals surface area contributed by atoms with E-state index in [1.165, 1.54) is 15.9 Å². The van der Waals surface area contributed by atoms with Crippen LogP contribution in [0.15, 0.2) is 36.4 Å². The number of carbonyl (C=O) groups excluding carboxylic acids is 3. The number of amides is 3. The maximum absolute atomic E-state index is 13.1. The van der Waals surface area contributed by atoms with Crippen molar-refractivity contribution in [1.29, 1.82) is 0 Å². The van der Waals surface area contributed by atoms with Crippen molar-refractivity contribution < 1.29 is 33.5 Å². The van der Waals surface area contributed by atoms with Gasteiger partial charge in [-0.25, -0.2) is 0 Å². The second-order valence-electron chi connectivity index (χ2n) is 8.26. The molecule has 0 spiro atoms. The molecule has 1 aliphatic rings. The maximum atomic E-state index is 13.1. The van der Waals surface area contributed by atoms with Crippen molar-refractivity contribution in [3.05, 3.63) is 42.1 Å². The summed E-state index contributed by atoms with van der Waals surface area (Å²) in [5, 5.41) is 11.6. The molecule has 1 atom stereocenters. The van der Waals surface area contributed by atoms with Gasteiger partial charge in [-0.1, -0.05) is 6.92 Å². The van der Waals surface area contributed by atoms with Crippen LogP contribution in [0.5, 0.6) is 5.88 Å². The van der Waals surface area contributed by atoms with E-state index in [1.54, 1.807) is 24.3 Å². The molecule has 202 valence electrons. The zero-order chi connectivity index (χ0) is 27.3. The number of rotatable bonds is 10. The first-order valence-corrected chi connectivity index (χ1v) is 13.1. The topological polar surface area (TPSA) is 151 Å². The monoisotopic (exact) mass is 543 g/mol. The van der Waals surface area contributed by atoms with Crippen molar-refractivity contribution in [3.63, 3.8) is 0 Å². The number of hydrogen-bond acceptors (Lipinski definition) is 9. The first-order valence-electron chi connectivity index (χ1n) is 12.2. The van der Waals surface area contributed by atoms with E-state index in [1.807, 2.05) is 13.0 Å². The Hall–Kier alpha value is -3.72. The molecular formula is C25H30N5O7P. The van der Waals surface area contributed by atoms with Gasteiger partial charge in [-0.2, -0.15) is 0 Å². The van der Waals surface area contributed by atoms with Gasteiger partial charge in [-0.05, 0) is 0 Å². The molecular weight excluding hydrogens is 513 g/mol. The fraction of sp³-hybridized carbons (Fsp3) is 0.440. The van der Waals surface area contributed by atoms with Gasteiger partial charge in [0.2, 0.25) is 0 Å². The number of unbranched alkanes of at least 4 members (excludes halogenated alkanes) is 1. The summed E-state index contributed by atoms with van der Waals surface area (Å²) < 4.78 is 21.9. The van der Waals surface area contributed by atoms with E-state index in [2.05, 4.69) is 20.9 Å². The van der Waals surface area contributed by atoms with Crippen molar-refractivity contribution in [2.45, 2.75) is 25.8 Å². The SMILES string of the molecule is CCCCOC(=O)N1CCN(C(=O)[C@H](C#P=O)NC(=O)c2cc(OCCO)nc(-c3ccccc3)n2)CC1. The molecule has 2 heterocycles. The van der Waals surface area contributed by atoms with Gasteiger partial charge in [0.1, 0.15) is 0 Å². The molecule has 2 aromatic rings. The summed E-state index contributed by atoms with van der Waals surface area (Å²) >= 11 is 0. The summed E-state index contributed by atoms with van der Waals surface area (Å²) in [4.78, 5) is 50.0. The van der Waals surface area contributed by atoms with Crippen molar-refractivity contribution >= 4 is 25.8 Å².